The maximum Gasteiger partial charge on any atom is 0.182 e. The topological polar surface area (TPSA) is 38.9 Å². The van der Waals surface area contributed by atoms with Gasteiger partial charge >= 0.3 is 0 Å². The Balaban J connectivity index is 1.13. The van der Waals surface area contributed by atoms with Crippen LogP contribution in [0.4, 0.5) is 0 Å². The molecule has 3 heteroatoms. The molecule has 210 valence electrons. The zero-order valence-corrected chi connectivity index (χ0v) is 24.2. The van der Waals surface area contributed by atoms with Gasteiger partial charge in [-0.1, -0.05) is 84.9 Å². The molecule has 4 aliphatic rings. The molecule has 2 heterocycles. The average Bonchev–Trinajstić information content (AvgIpc) is 3.53. The van der Waals surface area contributed by atoms with E-state index >= 15 is 0 Å². The Hall–Kier alpha value is -4.50. The second-order valence-corrected chi connectivity index (χ2v) is 13.4. The molecule has 2 aromatic heterocycles. The average molecular weight is 559 g/mol. The number of rotatable bonds is 5. The molecule has 0 saturated heterocycles. The summed E-state index contributed by atoms with van der Waals surface area (Å²) in [5.41, 5.74) is 12.6. The van der Waals surface area contributed by atoms with Crippen molar-refractivity contribution in [1.82, 2.24) is 9.97 Å². The fraction of sp³-hybridized carbons (Fsp3) is 0.250. The van der Waals surface area contributed by atoms with Gasteiger partial charge in [0.15, 0.2) is 12.0 Å². The molecule has 4 saturated carbocycles. The first-order chi connectivity index (χ1) is 21.2. The van der Waals surface area contributed by atoms with E-state index in [4.69, 9.17) is 9.40 Å². The third-order valence-electron chi connectivity index (χ3n) is 10.5. The zero-order chi connectivity index (χ0) is 28.4. The number of benzene rings is 4. The summed E-state index contributed by atoms with van der Waals surface area (Å²) in [4.78, 5) is 9.95. The highest BCUT2D eigenvalue weighted by Crippen LogP contribution is 2.60. The van der Waals surface area contributed by atoms with Gasteiger partial charge in [0, 0.05) is 22.2 Å². The van der Waals surface area contributed by atoms with Crippen LogP contribution in [0.5, 0.6) is 0 Å². The molecule has 0 radical (unpaired) electrons. The van der Waals surface area contributed by atoms with Crippen LogP contribution in [0.2, 0.25) is 0 Å². The lowest BCUT2D eigenvalue weighted by atomic mass is 9.48. The molecule has 6 aromatic rings. The molecule has 0 atom stereocenters. The lowest BCUT2D eigenvalue weighted by Gasteiger charge is -2.56. The first-order valence-electron chi connectivity index (χ1n) is 15.8. The summed E-state index contributed by atoms with van der Waals surface area (Å²) < 4.78 is 5.79. The van der Waals surface area contributed by atoms with Crippen LogP contribution in [0.3, 0.4) is 0 Å². The number of aromatic nitrogens is 2. The minimum Gasteiger partial charge on any atom is -0.443 e. The highest BCUT2D eigenvalue weighted by atomic mass is 16.3. The lowest BCUT2D eigenvalue weighted by Crippen LogP contribution is -2.49. The van der Waals surface area contributed by atoms with Gasteiger partial charge in [0.1, 0.15) is 5.52 Å². The second-order valence-electron chi connectivity index (χ2n) is 13.4. The highest BCUT2D eigenvalue weighted by molar-refractivity contribution is 5.95. The Bertz CT molecular complexity index is 1900. The molecular weight excluding hydrogens is 524 g/mol. The molecule has 0 spiro atoms. The first kappa shape index (κ1) is 25.0. The van der Waals surface area contributed by atoms with Crippen molar-refractivity contribution in [1.29, 1.82) is 0 Å². The number of oxazole rings is 1. The van der Waals surface area contributed by atoms with Gasteiger partial charge in [0.25, 0.3) is 0 Å². The normalized spacial score (nSPS) is 24.0. The van der Waals surface area contributed by atoms with Gasteiger partial charge in [-0.15, -0.1) is 0 Å². The maximum absolute atomic E-state index is 5.79. The van der Waals surface area contributed by atoms with Crippen LogP contribution in [0.1, 0.15) is 44.2 Å². The van der Waals surface area contributed by atoms with Crippen LogP contribution in [0, 0.1) is 17.8 Å². The van der Waals surface area contributed by atoms with Crippen molar-refractivity contribution in [3.8, 4) is 44.6 Å². The van der Waals surface area contributed by atoms with Crippen LogP contribution in [0.25, 0.3) is 55.7 Å². The maximum atomic E-state index is 5.79. The Kier molecular flexibility index (Phi) is 5.69. The Morgan fingerprint density at radius 3 is 1.77 bits per heavy atom. The predicted octanol–water partition coefficient (Wildman–Crippen LogP) is 10.4. The van der Waals surface area contributed by atoms with Crippen molar-refractivity contribution in [2.45, 2.75) is 43.9 Å². The number of fused-ring (bicyclic) bond motifs is 1. The molecular formula is C40H34N2O. The van der Waals surface area contributed by atoms with Crippen molar-refractivity contribution in [2.24, 2.45) is 17.8 Å². The Morgan fingerprint density at radius 2 is 1.14 bits per heavy atom. The Morgan fingerprint density at radius 1 is 0.558 bits per heavy atom. The molecule has 10 rings (SSSR count). The summed E-state index contributed by atoms with van der Waals surface area (Å²) in [5.74, 6) is 2.66. The number of nitrogens with zero attached hydrogens (tertiary/aromatic N) is 2. The fourth-order valence-corrected chi connectivity index (χ4v) is 8.98. The number of pyridine rings is 1. The Labute approximate surface area is 252 Å². The van der Waals surface area contributed by atoms with Crippen molar-refractivity contribution in [3.63, 3.8) is 0 Å². The van der Waals surface area contributed by atoms with E-state index < -0.39 is 0 Å². The quantitative estimate of drug-likeness (QED) is 0.211. The summed E-state index contributed by atoms with van der Waals surface area (Å²) in [6, 6.07) is 39.3. The van der Waals surface area contributed by atoms with Crippen LogP contribution in [-0.4, -0.2) is 9.97 Å². The van der Waals surface area contributed by atoms with Gasteiger partial charge in [-0.25, -0.2) is 4.98 Å². The van der Waals surface area contributed by atoms with E-state index in [0.29, 0.717) is 0 Å². The third-order valence-corrected chi connectivity index (χ3v) is 10.5. The first-order valence-corrected chi connectivity index (χ1v) is 15.8. The highest BCUT2D eigenvalue weighted by Gasteiger charge is 2.52. The van der Waals surface area contributed by atoms with Crippen molar-refractivity contribution in [2.75, 3.05) is 0 Å². The fourth-order valence-electron chi connectivity index (χ4n) is 8.98. The zero-order valence-electron chi connectivity index (χ0n) is 24.2. The van der Waals surface area contributed by atoms with Gasteiger partial charge in [-0.3, -0.25) is 4.98 Å². The molecule has 0 amide bonds. The molecule has 0 unspecified atom stereocenters. The van der Waals surface area contributed by atoms with Gasteiger partial charge in [0.2, 0.25) is 0 Å². The minimum atomic E-state index is 0.245. The van der Waals surface area contributed by atoms with E-state index in [-0.39, 0.29) is 5.41 Å². The second kappa shape index (κ2) is 9.77. The van der Waals surface area contributed by atoms with Crippen LogP contribution < -0.4 is 0 Å². The largest absolute Gasteiger partial charge is 0.443 e. The van der Waals surface area contributed by atoms with Gasteiger partial charge in [-0.2, -0.15) is 0 Å². The minimum absolute atomic E-state index is 0.245. The number of hydrogen-bond donors (Lipinski definition) is 0. The molecule has 0 N–H and O–H groups in total. The van der Waals surface area contributed by atoms with Crippen molar-refractivity contribution >= 4 is 11.1 Å². The lowest BCUT2D eigenvalue weighted by molar-refractivity contribution is -0.00712. The summed E-state index contributed by atoms with van der Waals surface area (Å²) in [5, 5.41) is 0. The molecule has 0 aliphatic heterocycles. The van der Waals surface area contributed by atoms with E-state index in [1.54, 1.807) is 6.39 Å². The van der Waals surface area contributed by atoms with E-state index in [1.165, 1.54) is 60.9 Å². The van der Waals surface area contributed by atoms with E-state index in [1.807, 2.05) is 6.07 Å². The smallest absolute Gasteiger partial charge is 0.182 e. The summed E-state index contributed by atoms with van der Waals surface area (Å²) in [6.07, 6.45) is 9.82. The molecule has 4 aliphatic carbocycles. The predicted molar refractivity (Wildman–Crippen MR) is 173 cm³/mol. The van der Waals surface area contributed by atoms with Crippen molar-refractivity contribution < 1.29 is 4.42 Å². The van der Waals surface area contributed by atoms with Gasteiger partial charge < -0.3 is 4.42 Å². The van der Waals surface area contributed by atoms with Crippen LogP contribution >= 0.6 is 0 Å². The number of hydrogen-bond acceptors (Lipinski definition) is 3. The third kappa shape index (κ3) is 4.33. The van der Waals surface area contributed by atoms with Crippen LogP contribution in [0.15, 0.2) is 120 Å². The van der Waals surface area contributed by atoms with Crippen LogP contribution in [-0.2, 0) is 5.41 Å². The summed E-state index contributed by atoms with van der Waals surface area (Å²) in [7, 11) is 0. The molecule has 4 aromatic carbocycles. The van der Waals surface area contributed by atoms with E-state index in [0.717, 1.165) is 56.8 Å². The van der Waals surface area contributed by atoms with E-state index in [9.17, 15) is 0 Å². The van der Waals surface area contributed by atoms with Crippen molar-refractivity contribution in [3.05, 3.63) is 121 Å². The SMILES string of the molecule is c1ccc(-c2cc(-c3ccc(-c4cc(-c5ccccc5)c5ncoc5c4)cc3)cc(C34CC5CC(CC(C5)C3)C4)n2)cc1. The standard InChI is InChI=1S/C40H34N2O/c1-3-7-31(8-4-1)35-18-33(20-37-39(35)41-25-43-37)29-11-13-30(14-12-29)34-19-36(32-9-5-2-6-10-32)42-38(21-34)40-22-26-15-27(23-40)17-28(16-26)24-40/h1-14,18-21,25-28H,15-17,22-24H2. The summed E-state index contributed by atoms with van der Waals surface area (Å²) in [6.45, 7) is 0. The summed E-state index contributed by atoms with van der Waals surface area (Å²) >= 11 is 0. The van der Waals surface area contributed by atoms with E-state index in [2.05, 4.69) is 108 Å². The van der Waals surface area contributed by atoms with Gasteiger partial charge in [0.05, 0.1) is 5.69 Å². The molecule has 4 fully saturated rings. The molecule has 43 heavy (non-hydrogen) atoms. The molecule has 3 nitrogen and oxygen atoms in total. The monoisotopic (exact) mass is 558 g/mol. The molecule has 4 bridgehead atoms. The van der Waals surface area contributed by atoms with Gasteiger partial charge in [-0.05, 0) is 108 Å².